The number of ether oxygens (including phenoxy) is 1. The number of nitrogens with one attached hydrogen (secondary N) is 3. The maximum atomic E-state index is 11.6. The fraction of sp³-hybridized carbons (Fsp3) is 0.375. The summed E-state index contributed by atoms with van der Waals surface area (Å²) in [5.74, 6) is 0.364. The molecule has 10 heteroatoms. The topological polar surface area (TPSA) is 103 Å². The predicted molar refractivity (Wildman–Crippen MR) is 137 cm³/mol. The number of hydrogen-bond acceptors (Lipinski definition) is 4. The summed E-state index contributed by atoms with van der Waals surface area (Å²) in [6, 6.07) is 11.7. The van der Waals surface area contributed by atoms with Crippen molar-refractivity contribution in [1.29, 1.82) is 0 Å². The van der Waals surface area contributed by atoms with Crippen molar-refractivity contribution in [2.75, 3.05) is 38.8 Å². The molecule has 0 saturated heterocycles. The van der Waals surface area contributed by atoms with Gasteiger partial charge in [-0.25, -0.2) is 14.4 Å². The Bertz CT molecular complexity index is 1000. The van der Waals surface area contributed by atoms with Crippen LogP contribution in [-0.2, 0) is 0 Å². The molecule has 2 aromatic carbocycles. The minimum absolute atomic E-state index is 0.162. The summed E-state index contributed by atoms with van der Waals surface area (Å²) < 4.78 is 5.16. The quantitative estimate of drug-likeness (QED) is 0.534. The van der Waals surface area contributed by atoms with E-state index in [9.17, 15) is 14.4 Å². The Morgan fingerprint density at radius 2 is 1.38 bits per heavy atom. The number of benzene rings is 2. The van der Waals surface area contributed by atoms with E-state index in [1.165, 1.54) is 9.80 Å². The molecule has 0 fully saturated rings. The Morgan fingerprint density at radius 3 is 1.85 bits per heavy atom. The molecule has 0 atom stereocenters. The molecule has 186 valence electrons. The molecule has 0 heterocycles. The van der Waals surface area contributed by atoms with Crippen LogP contribution in [0.25, 0.3) is 0 Å². The minimum Gasteiger partial charge on any atom is -0.410 e. The number of nitrogens with zero attached hydrogens (tertiary/aromatic N) is 2. The van der Waals surface area contributed by atoms with E-state index in [0.717, 1.165) is 5.56 Å². The second kappa shape index (κ2) is 12.7. The number of carbonyl (C=O) groups is 3. The average Bonchev–Trinajstić information content (AvgIpc) is 2.69. The molecule has 0 aliphatic heterocycles. The van der Waals surface area contributed by atoms with Crippen LogP contribution >= 0.6 is 11.6 Å². The van der Waals surface area contributed by atoms with Crippen molar-refractivity contribution >= 4 is 41.1 Å². The third kappa shape index (κ3) is 10.9. The lowest BCUT2D eigenvalue weighted by Gasteiger charge is -2.20. The molecule has 3 N–H and O–H groups in total. The van der Waals surface area contributed by atoms with Gasteiger partial charge in [0.15, 0.2) is 0 Å². The highest BCUT2D eigenvalue weighted by atomic mass is 35.5. The van der Waals surface area contributed by atoms with Gasteiger partial charge < -0.3 is 30.5 Å². The molecule has 5 amide bonds. The summed E-state index contributed by atoms with van der Waals surface area (Å²) in [5.41, 5.74) is 1.90. The summed E-state index contributed by atoms with van der Waals surface area (Å²) in [5, 5.41) is 8.73. The van der Waals surface area contributed by atoms with Crippen molar-refractivity contribution in [3.8, 4) is 5.75 Å². The number of anilines is 2. The number of carbonyl (C=O) groups excluding carboxylic acids is 3. The van der Waals surface area contributed by atoms with Crippen molar-refractivity contribution in [2.45, 2.75) is 33.2 Å². The molecule has 0 aliphatic carbocycles. The SMILES string of the molecule is CN(C)C(=O)Nc1cccc(OC(=O)NC(C)(C)C)c1.Cc1ccc(NC(=O)N(C)C)cc1Cl. The van der Waals surface area contributed by atoms with Crippen molar-refractivity contribution in [2.24, 2.45) is 0 Å². The van der Waals surface area contributed by atoms with Gasteiger partial charge in [0.2, 0.25) is 0 Å². The summed E-state index contributed by atoms with van der Waals surface area (Å²) in [6.07, 6.45) is -0.534. The molecular formula is C24H34ClN5O4. The van der Waals surface area contributed by atoms with Crippen LogP contribution in [0.2, 0.25) is 5.02 Å². The molecule has 34 heavy (non-hydrogen) atoms. The summed E-state index contributed by atoms with van der Waals surface area (Å²) in [6.45, 7) is 7.51. The molecule has 0 aromatic heterocycles. The highest BCUT2D eigenvalue weighted by Crippen LogP contribution is 2.20. The first-order valence-corrected chi connectivity index (χ1v) is 10.9. The molecular weight excluding hydrogens is 458 g/mol. The maximum absolute atomic E-state index is 11.6. The van der Waals surface area contributed by atoms with Crippen LogP contribution in [0, 0.1) is 6.92 Å². The zero-order chi connectivity index (χ0) is 26.1. The van der Waals surface area contributed by atoms with Gasteiger partial charge in [-0.1, -0.05) is 23.7 Å². The van der Waals surface area contributed by atoms with Crippen LogP contribution < -0.4 is 20.7 Å². The first kappa shape index (κ1) is 28.6. The molecule has 2 rings (SSSR count). The first-order valence-electron chi connectivity index (χ1n) is 10.5. The van der Waals surface area contributed by atoms with E-state index in [1.54, 1.807) is 58.5 Å². The zero-order valence-electron chi connectivity index (χ0n) is 20.9. The number of rotatable bonds is 3. The molecule has 9 nitrogen and oxygen atoms in total. The van der Waals surface area contributed by atoms with Gasteiger partial charge in [0.05, 0.1) is 0 Å². The predicted octanol–water partition coefficient (Wildman–Crippen LogP) is 5.41. The van der Waals surface area contributed by atoms with Crippen LogP contribution in [0.4, 0.5) is 25.8 Å². The van der Waals surface area contributed by atoms with Crippen LogP contribution in [0.1, 0.15) is 26.3 Å². The number of urea groups is 2. The molecule has 0 bridgehead atoms. The maximum Gasteiger partial charge on any atom is 0.413 e. The number of aryl methyl sites for hydroxylation is 1. The summed E-state index contributed by atoms with van der Waals surface area (Å²) in [4.78, 5) is 37.3. The normalized spacial score (nSPS) is 10.3. The minimum atomic E-state index is -0.534. The summed E-state index contributed by atoms with van der Waals surface area (Å²) >= 11 is 5.91. The van der Waals surface area contributed by atoms with E-state index in [1.807, 2.05) is 39.8 Å². The van der Waals surface area contributed by atoms with Gasteiger partial charge in [-0.05, 0) is 57.5 Å². The van der Waals surface area contributed by atoms with Crippen LogP contribution in [-0.4, -0.2) is 61.7 Å². The lowest BCUT2D eigenvalue weighted by atomic mass is 10.1. The first-order chi connectivity index (χ1) is 15.7. The average molecular weight is 492 g/mol. The van der Waals surface area contributed by atoms with Gasteiger partial charge >= 0.3 is 18.2 Å². The van der Waals surface area contributed by atoms with E-state index in [-0.39, 0.29) is 17.6 Å². The smallest absolute Gasteiger partial charge is 0.410 e. The molecule has 0 spiro atoms. The lowest BCUT2D eigenvalue weighted by Crippen LogP contribution is -2.42. The second-order valence-corrected chi connectivity index (χ2v) is 9.31. The molecule has 0 aliphatic rings. The van der Waals surface area contributed by atoms with Crippen LogP contribution in [0.15, 0.2) is 42.5 Å². The van der Waals surface area contributed by atoms with E-state index in [4.69, 9.17) is 16.3 Å². The van der Waals surface area contributed by atoms with E-state index >= 15 is 0 Å². The van der Waals surface area contributed by atoms with E-state index in [0.29, 0.717) is 22.1 Å². The van der Waals surface area contributed by atoms with Gasteiger partial charge in [-0.2, -0.15) is 0 Å². The Morgan fingerprint density at radius 1 is 0.853 bits per heavy atom. The summed E-state index contributed by atoms with van der Waals surface area (Å²) in [7, 11) is 6.66. The second-order valence-electron chi connectivity index (χ2n) is 8.91. The molecule has 2 aromatic rings. The largest absolute Gasteiger partial charge is 0.413 e. The molecule has 0 unspecified atom stereocenters. The third-order valence-electron chi connectivity index (χ3n) is 4.01. The van der Waals surface area contributed by atoms with Crippen molar-refractivity contribution in [1.82, 2.24) is 15.1 Å². The Kier molecular flexibility index (Phi) is 10.7. The van der Waals surface area contributed by atoms with E-state index in [2.05, 4.69) is 16.0 Å². The van der Waals surface area contributed by atoms with Gasteiger partial charge in [0, 0.05) is 56.2 Å². The van der Waals surface area contributed by atoms with E-state index < -0.39 is 6.09 Å². The number of hydrogen-bond donors (Lipinski definition) is 3. The highest BCUT2D eigenvalue weighted by molar-refractivity contribution is 6.31. The number of halogens is 1. The Balaban J connectivity index is 0.000000362. The molecule has 0 saturated carbocycles. The van der Waals surface area contributed by atoms with Crippen molar-refractivity contribution in [3.63, 3.8) is 0 Å². The fourth-order valence-corrected chi connectivity index (χ4v) is 2.40. The number of amides is 5. The zero-order valence-corrected chi connectivity index (χ0v) is 21.7. The van der Waals surface area contributed by atoms with Gasteiger partial charge in [0.25, 0.3) is 0 Å². The van der Waals surface area contributed by atoms with Crippen LogP contribution in [0.3, 0.4) is 0 Å². The Labute approximate surface area is 206 Å². The van der Waals surface area contributed by atoms with Gasteiger partial charge in [0.1, 0.15) is 5.75 Å². The van der Waals surface area contributed by atoms with Gasteiger partial charge in [-0.3, -0.25) is 0 Å². The standard InChI is InChI=1S/C14H21N3O3.C10H13ClN2O/c1-14(2,3)16-13(19)20-11-8-6-7-10(9-11)15-12(18)17(4)5;1-7-4-5-8(6-9(7)11)12-10(14)13(2)3/h6-9H,1-5H3,(H,15,18)(H,16,19);4-6H,1-3H3,(H,12,14). The van der Waals surface area contributed by atoms with Gasteiger partial charge in [-0.15, -0.1) is 0 Å². The van der Waals surface area contributed by atoms with Crippen molar-refractivity contribution in [3.05, 3.63) is 53.1 Å². The third-order valence-corrected chi connectivity index (χ3v) is 4.42. The monoisotopic (exact) mass is 491 g/mol. The molecule has 0 radical (unpaired) electrons. The van der Waals surface area contributed by atoms with Crippen molar-refractivity contribution < 1.29 is 19.1 Å². The fourth-order valence-electron chi connectivity index (χ4n) is 2.22. The van der Waals surface area contributed by atoms with Crippen LogP contribution in [0.5, 0.6) is 5.75 Å². The Hall–Kier alpha value is -3.46. The highest BCUT2D eigenvalue weighted by Gasteiger charge is 2.15. The lowest BCUT2D eigenvalue weighted by molar-refractivity contribution is 0.190.